The summed E-state index contributed by atoms with van der Waals surface area (Å²) in [6, 6.07) is 2.22. The third-order valence-corrected chi connectivity index (χ3v) is 3.48. The van der Waals surface area contributed by atoms with Crippen LogP contribution in [0.1, 0.15) is 62.0 Å². The molecule has 0 amide bonds. The topological polar surface area (TPSA) is 12.9 Å². The Morgan fingerprint density at radius 2 is 1.88 bits per heavy atom. The number of pyridine rings is 1. The van der Waals surface area contributed by atoms with Gasteiger partial charge in [-0.05, 0) is 0 Å². The molecule has 16 heavy (non-hydrogen) atoms. The third kappa shape index (κ3) is 2.77. The number of hydrogen-bond acceptors (Lipinski definition) is 1. The number of rotatable bonds is 4. The number of aromatic nitrogens is 1. The quantitative estimate of drug-likeness (QED) is 0.725. The zero-order valence-corrected chi connectivity index (χ0v) is 13.3. The summed E-state index contributed by atoms with van der Waals surface area (Å²) in [7, 11) is 0. The van der Waals surface area contributed by atoms with Gasteiger partial charge in [-0.3, -0.25) is 0 Å². The van der Waals surface area contributed by atoms with Gasteiger partial charge in [0.15, 0.2) is 0 Å². The van der Waals surface area contributed by atoms with Gasteiger partial charge in [0.2, 0.25) is 0 Å². The van der Waals surface area contributed by atoms with Crippen molar-refractivity contribution in [3.8, 4) is 0 Å². The van der Waals surface area contributed by atoms with Crippen LogP contribution in [-0.2, 0) is 19.4 Å². The van der Waals surface area contributed by atoms with Gasteiger partial charge in [0, 0.05) is 0 Å². The van der Waals surface area contributed by atoms with Crippen LogP contribution in [0.25, 0.3) is 6.08 Å². The van der Waals surface area contributed by atoms with Gasteiger partial charge in [0.25, 0.3) is 0 Å². The molecular weight excluding hydrogens is 366 g/mol. The van der Waals surface area contributed by atoms with E-state index in [-0.39, 0.29) is 0 Å². The van der Waals surface area contributed by atoms with Crippen LogP contribution in [0.2, 0.25) is 0 Å². The molecule has 0 saturated carbocycles. The molecule has 0 radical (unpaired) electrons. The summed E-state index contributed by atoms with van der Waals surface area (Å²) in [4.78, 5) is 4.61. The van der Waals surface area contributed by atoms with Crippen LogP contribution in [0.3, 0.4) is 0 Å². The van der Waals surface area contributed by atoms with Crippen LogP contribution in [0, 0.1) is 6.58 Å². The summed E-state index contributed by atoms with van der Waals surface area (Å²) >= 11 is 1.43. The molecular formula is C14H18NW-. The molecule has 0 saturated heterocycles. The average molecular weight is 384 g/mol. The van der Waals surface area contributed by atoms with E-state index < -0.39 is 0 Å². The van der Waals surface area contributed by atoms with Crippen molar-refractivity contribution in [3.63, 3.8) is 0 Å². The van der Waals surface area contributed by atoms with Gasteiger partial charge in [-0.1, -0.05) is 0 Å². The summed E-state index contributed by atoms with van der Waals surface area (Å²) in [5, 5.41) is 0. The van der Waals surface area contributed by atoms with Crippen LogP contribution in [-0.4, -0.2) is 9.38 Å². The molecule has 0 aliphatic heterocycles. The molecule has 0 aliphatic carbocycles. The molecule has 1 rings (SSSR count). The summed E-state index contributed by atoms with van der Waals surface area (Å²) in [5.41, 5.74) is 4.60. The van der Waals surface area contributed by atoms with E-state index in [0.29, 0.717) is 11.8 Å². The first-order chi connectivity index (χ1) is 7.51. The Balaban J connectivity index is 3.49. The van der Waals surface area contributed by atoms with E-state index in [1.165, 1.54) is 30.5 Å². The molecule has 1 aromatic rings. The molecule has 0 aliphatic rings. The molecule has 0 aromatic carbocycles. The van der Waals surface area contributed by atoms with Gasteiger partial charge in [-0.25, -0.2) is 0 Å². The second-order valence-electron chi connectivity index (χ2n) is 4.53. The minimum absolute atomic E-state index is 0.439. The van der Waals surface area contributed by atoms with Crippen molar-refractivity contribution in [3.05, 3.63) is 35.2 Å². The first-order valence-corrected chi connectivity index (χ1v) is 7.25. The normalized spacial score (nSPS) is 10.9. The second kappa shape index (κ2) is 5.68. The van der Waals surface area contributed by atoms with Crippen molar-refractivity contribution in [2.75, 3.05) is 0 Å². The summed E-state index contributed by atoms with van der Waals surface area (Å²) in [5.74, 6) is 0.944. The third-order valence-electron chi connectivity index (χ3n) is 2.63. The van der Waals surface area contributed by atoms with Gasteiger partial charge in [-0.2, -0.15) is 0 Å². The molecule has 0 bridgehead atoms. The first kappa shape index (κ1) is 13.5. The van der Waals surface area contributed by atoms with E-state index in [4.69, 9.17) is 6.58 Å². The fourth-order valence-electron chi connectivity index (χ4n) is 1.65. The van der Waals surface area contributed by atoms with Crippen molar-refractivity contribution in [2.24, 2.45) is 0 Å². The van der Waals surface area contributed by atoms with E-state index in [0.717, 1.165) is 11.4 Å². The van der Waals surface area contributed by atoms with E-state index >= 15 is 0 Å². The predicted molar refractivity (Wildman–Crippen MR) is 66.3 cm³/mol. The van der Waals surface area contributed by atoms with Crippen molar-refractivity contribution in [2.45, 2.75) is 39.5 Å². The Labute approximate surface area is 109 Å². The van der Waals surface area contributed by atoms with Crippen molar-refractivity contribution >= 4 is 10.5 Å². The fraction of sp³-hybridized carbons (Fsp3) is 0.429. The Bertz CT molecular complexity index is 405. The zero-order chi connectivity index (χ0) is 12.3. The van der Waals surface area contributed by atoms with Gasteiger partial charge in [0.1, 0.15) is 0 Å². The Morgan fingerprint density at radius 3 is 2.25 bits per heavy atom. The standard InChI is InChI=1S/C14H18N.W/c1-7-13-11(6)12(9(2)3)8-14(15-13)10(4)5;/h1,6-10H,2-5H3;/q-1;. The van der Waals surface area contributed by atoms with Gasteiger partial charge >= 0.3 is 110 Å². The van der Waals surface area contributed by atoms with Crippen LogP contribution in [0.4, 0.5) is 0 Å². The molecule has 1 heterocycles. The maximum atomic E-state index is 5.67. The Morgan fingerprint density at radius 1 is 1.25 bits per heavy atom. The first-order valence-electron chi connectivity index (χ1n) is 5.56. The van der Waals surface area contributed by atoms with E-state index in [2.05, 4.69) is 43.1 Å². The van der Waals surface area contributed by atoms with Gasteiger partial charge in [0.05, 0.1) is 0 Å². The summed E-state index contributed by atoms with van der Waals surface area (Å²) in [6.07, 6.45) is 1.62. The molecule has 1 aromatic heterocycles. The molecule has 0 spiro atoms. The van der Waals surface area contributed by atoms with Gasteiger partial charge < -0.3 is 0 Å². The van der Waals surface area contributed by atoms with Crippen molar-refractivity contribution in [1.29, 1.82) is 0 Å². The second-order valence-corrected chi connectivity index (χ2v) is 5.38. The van der Waals surface area contributed by atoms with E-state index in [9.17, 15) is 0 Å². The average Bonchev–Trinajstić information content (AvgIpc) is 2.26. The molecule has 2 heteroatoms. The summed E-state index contributed by atoms with van der Waals surface area (Å²) < 4.78 is 2.17. The molecule has 1 nitrogen and oxygen atoms in total. The monoisotopic (exact) mass is 384 g/mol. The van der Waals surface area contributed by atoms with E-state index in [1.54, 1.807) is 6.08 Å². The molecule has 0 N–H and O–H groups in total. The van der Waals surface area contributed by atoms with Crippen LogP contribution < -0.4 is 0 Å². The fourth-order valence-corrected chi connectivity index (χ4v) is 2.57. The Hall–Kier alpha value is -0.552. The molecule has 0 atom stereocenters. The van der Waals surface area contributed by atoms with Crippen LogP contribution in [0.15, 0.2) is 6.07 Å². The molecule has 0 fully saturated rings. The zero-order valence-electron chi connectivity index (χ0n) is 10.3. The minimum atomic E-state index is 0.439. The molecule has 0 unspecified atom stereocenters. The maximum absolute atomic E-state index is 5.67. The van der Waals surface area contributed by atoms with Crippen molar-refractivity contribution in [1.82, 2.24) is 4.98 Å². The SMILES string of the molecule is [CH-]=Cc1nc(C(C)C)cc(C(C)C)c1[CH]=[W]. The van der Waals surface area contributed by atoms with Crippen LogP contribution >= 0.6 is 0 Å². The number of hydrogen-bond donors (Lipinski definition) is 0. The van der Waals surface area contributed by atoms with Crippen LogP contribution in [0.5, 0.6) is 0 Å². The van der Waals surface area contributed by atoms with E-state index in [1.807, 2.05) is 0 Å². The predicted octanol–water partition coefficient (Wildman–Crippen LogP) is 3.47. The summed E-state index contributed by atoms with van der Waals surface area (Å²) in [6.45, 7) is 14.4. The van der Waals surface area contributed by atoms with Crippen molar-refractivity contribution < 1.29 is 19.4 Å². The Kier molecular flexibility index (Phi) is 4.80. The molecule has 86 valence electrons. The number of nitrogens with zero attached hydrogens (tertiary/aromatic N) is 1. The van der Waals surface area contributed by atoms with Gasteiger partial charge in [-0.15, -0.1) is 0 Å².